The van der Waals surface area contributed by atoms with Crippen LogP contribution in [-0.4, -0.2) is 6.29 Å². The summed E-state index contributed by atoms with van der Waals surface area (Å²) in [5, 5.41) is 0. The maximum atomic E-state index is 11.5. The molecule has 0 saturated carbocycles. The van der Waals surface area contributed by atoms with Crippen LogP contribution in [0.4, 0.5) is 0 Å². The Balaban J connectivity index is 1.80. The predicted molar refractivity (Wildman–Crippen MR) is 102 cm³/mol. The van der Waals surface area contributed by atoms with E-state index in [1.165, 1.54) is 5.56 Å². The fourth-order valence-electron chi connectivity index (χ4n) is 2.75. The fraction of sp³-hybridized carbons (Fsp3) is 0.174. The van der Waals surface area contributed by atoms with Crippen LogP contribution in [0.25, 0.3) is 11.1 Å². The van der Waals surface area contributed by atoms with Crippen molar-refractivity contribution in [3.05, 3.63) is 89.5 Å². The van der Waals surface area contributed by atoms with Crippen LogP contribution >= 0.6 is 0 Å². The normalized spacial score (nSPS) is 10.7. The second-order valence-corrected chi connectivity index (χ2v) is 6.42. The van der Waals surface area contributed by atoms with Crippen LogP contribution in [0.15, 0.2) is 72.8 Å². The number of aldehydes is 1. The summed E-state index contributed by atoms with van der Waals surface area (Å²) < 4.78 is 5.82. The number of carbonyl (C=O) groups is 1. The lowest BCUT2D eigenvalue weighted by molar-refractivity contribution is 0.111. The van der Waals surface area contributed by atoms with Crippen LogP contribution in [0.1, 0.15) is 41.3 Å². The van der Waals surface area contributed by atoms with Gasteiger partial charge >= 0.3 is 0 Å². The van der Waals surface area contributed by atoms with Crippen LogP contribution in [0.5, 0.6) is 5.75 Å². The molecule has 0 spiro atoms. The van der Waals surface area contributed by atoms with Gasteiger partial charge in [-0.05, 0) is 40.3 Å². The van der Waals surface area contributed by atoms with E-state index in [0.717, 1.165) is 23.0 Å². The number of rotatable bonds is 6. The minimum Gasteiger partial charge on any atom is -0.488 e. The number of hydrogen-bond acceptors (Lipinski definition) is 2. The molecule has 3 aromatic carbocycles. The smallest absolute Gasteiger partial charge is 0.153 e. The molecule has 0 aliphatic rings. The zero-order valence-electron chi connectivity index (χ0n) is 14.6. The predicted octanol–water partition coefficient (Wildman–Crippen LogP) is 5.87. The summed E-state index contributed by atoms with van der Waals surface area (Å²) >= 11 is 0. The highest BCUT2D eigenvalue weighted by atomic mass is 16.5. The summed E-state index contributed by atoms with van der Waals surface area (Å²) in [7, 11) is 0. The van der Waals surface area contributed by atoms with Gasteiger partial charge in [0.25, 0.3) is 0 Å². The molecule has 0 aromatic heterocycles. The lowest BCUT2D eigenvalue weighted by Crippen LogP contribution is -1.98. The van der Waals surface area contributed by atoms with Crippen molar-refractivity contribution in [2.75, 3.05) is 0 Å². The van der Waals surface area contributed by atoms with Crippen molar-refractivity contribution in [2.45, 2.75) is 26.4 Å². The molecule has 0 N–H and O–H groups in total. The summed E-state index contributed by atoms with van der Waals surface area (Å²) in [6.45, 7) is 4.81. The van der Waals surface area contributed by atoms with E-state index in [2.05, 4.69) is 38.1 Å². The highest BCUT2D eigenvalue weighted by molar-refractivity contribution is 5.83. The van der Waals surface area contributed by atoms with Crippen LogP contribution < -0.4 is 4.74 Å². The zero-order valence-corrected chi connectivity index (χ0v) is 14.6. The third-order valence-corrected chi connectivity index (χ3v) is 4.28. The summed E-state index contributed by atoms with van der Waals surface area (Å²) in [4.78, 5) is 11.5. The first-order valence-corrected chi connectivity index (χ1v) is 8.53. The van der Waals surface area contributed by atoms with Crippen molar-refractivity contribution < 1.29 is 9.53 Å². The molecule has 0 fully saturated rings. The molecule has 0 heterocycles. The summed E-state index contributed by atoms with van der Waals surface area (Å²) in [6.07, 6.45) is 0.853. The van der Waals surface area contributed by atoms with Gasteiger partial charge in [-0.2, -0.15) is 0 Å². The van der Waals surface area contributed by atoms with Gasteiger partial charge in [0, 0.05) is 0 Å². The molecular weight excluding hydrogens is 308 g/mol. The van der Waals surface area contributed by atoms with E-state index >= 15 is 0 Å². The van der Waals surface area contributed by atoms with Gasteiger partial charge in [0.1, 0.15) is 12.4 Å². The maximum absolute atomic E-state index is 11.5. The van der Waals surface area contributed by atoms with Crippen LogP contribution in [0.2, 0.25) is 0 Å². The Labute approximate surface area is 149 Å². The lowest BCUT2D eigenvalue weighted by Gasteiger charge is -2.11. The molecule has 126 valence electrons. The van der Waals surface area contributed by atoms with Gasteiger partial charge in [0.15, 0.2) is 6.29 Å². The van der Waals surface area contributed by atoms with E-state index in [1.54, 1.807) is 0 Å². The van der Waals surface area contributed by atoms with E-state index < -0.39 is 0 Å². The second-order valence-electron chi connectivity index (χ2n) is 6.42. The molecule has 0 unspecified atom stereocenters. The molecule has 2 nitrogen and oxygen atoms in total. The van der Waals surface area contributed by atoms with Gasteiger partial charge < -0.3 is 4.74 Å². The van der Waals surface area contributed by atoms with Crippen LogP contribution in [0, 0.1) is 0 Å². The van der Waals surface area contributed by atoms with Crippen LogP contribution in [0.3, 0.4) is 0 Å². The quantitative estimate of drug-likeness (QED) is 0.528. The maximum Gasteiger partial charge on any atom is 0.153 e. The molecule has 0 saturated heterocycles. The van der Waals surface area contributed by atoms with E-state index in [-0.39, 0.29) is 0 Å². The number of carbonyl (C=O) groups excluding carboxylic acids is 1. The fourth-order valence-corrected chi connectivity index (χ4v) is 2.75. The standard InChI is InChI=1S/C23H22O2/c1-17(2)19-8-10-20(11-9-19)21-12-13-23(22(14-21)15-24)25-16-18-6-4-3-5-7-18/h3-15,17H,16H2,1-2H3. The SMILES string of the molecule is CC(C)c1ccc(-c2ccc(OCc3ccccc3)c(C=O)c2)cc1. The van der Waals surface area contributed by atoms with Crippen molar-refractivity contribution in [1.82, 2.24) is 0 Å². The first kappa shape index (κ1) is 17.0. The average molecular weight is 330 g/mol. The number of ether oxygens (including phenoxy) is 1. The Hall–Kier alpha value is -2.87. The highest BCUT2D eigenvalue weighted by Gasteiger charge is 2.07. The summed E-state index contributed by atoms with van der Waals surface area (Å²) in [6, 6.07) is 24.2. The highest BCUT2D eigenvalue weighted by Crippen LogP contribution is 2.27. The minimum absolute atomic E-state index is 0.449. The van der Waals surface area contributed by atoms with Gasteiger partial charge in [-0.3, -0.25) is 4.79 Å². The summed E-state index contributed by atoms with van der Waals surface area (Å²) in [5.41, 5.74) is 5.07. The Morgan fingerprint density at radius 1 is 0.880 bits per heavy atom. The van der Waals surface area contributed by atoms with Gasteiger partial charge in [-0.25, -0.2) is 0 Å². The zero-order chi connectivity index (χ0) is 17.6. The van der Waals surface area contributed by atoms with Crippen molar-refractivity contribution >= 4 is 6.29 Å². The minimum atomic E-state index is 0.449. The molecule has 0 atom stereocenters. The molecule has 0 amide bonds. The molecule has 0 aliphatic heterocycles. The molecule has 0 aliphatic carbocycles. The Bertz CT molecular complexity index is 834. The Kier molecular flexibility index (Phi) is 5.30. The molecule has 3 aromatic rings. The molecule has 0 radical (unpaired) electrons. The lowest BCUT2D eigenvalue weighted by atomic mass is 9.98. The molecule has 3 rings (SSSR count). The third-order valence-electron chi connectivity index (χ3n) is 4.28. The van der Waals surface area contributed by atoms with E-state index in [9.17, 15) is 4.79 Å². The third kappa shape index (κ3) is 4.16. The van der Waals surface area contributed by atoms with Crippen molar-refractivity contribution in [1.29, 1.82) is 0 Å². The van der Waals surface area contributed by atoms with E-state index in [1.807, 2.05) is 48.5 Å². The summed E-state index contributed by atoms with van der Waals surface area (Å²) in [5.74, 6) is 1.12. The largest absolute Gasteiger partial charge is 0.488 e. The van der Waals surface area contributed by atoms with E-state index in [4.69, 9.17) is 4.74 Å². The van der Waals surface area contributed by atoms with Gasteiger partial charge in [0.05, 0.1) is 5.56 Å². The first-order valence-electron chi connectivity index (χ1n) is 8.53. The molecule has 2 heteroatoms. The van der Waals surface area contributed by atoms with Crippen molar-refractivity contribution in [3.63, 3.8) is 0 Å². The number of benzene rings is 3. The Morgan fingerprint density at radius 3 is 2.20 bits per heavy atom. The van der Waals surface area contributed by atoms with Gasteiger partial charge in [0.2, 0.25) is 0 Å². The number of hydrogen-bond donors (Lipinski definition) is 0. The van der Waals surface area contributed by atoms with Gasteiger partial charge in [-0.1, -0.05) is 74.5 Å². The first-order chi connectivity index (χ1) is 12.2. The molecular formula is C23H22O2. The van der Waals surface area contributed by atoms with Crippen molar-refractivity contribution in [3.8, 4) is 16.9 Å². The van der Waals surface area contributed by atoms with E-state index in [0.29, 0.717) is 23.8 Å². The van der Waals surface area contributed by atoms with Gasteiger partial charge in [-0.15, -0.1) is 0 Å². The molecule has 0 bridgehead atoms. The monoisotopic (exact) mass is 330 g/mol. The molecule has 25 heavy (non-hydrogen) atoms. The average Bonchev–Trinajstić information content (AvgIpc) is 2.67. The second kappa shape index (κ2) is 7.80. The topological polar surface area (TPSA) is 26.3 Å². The Morgan fingerprint density at radius 2 is 1.56 bits per heavy atom. The van der Waals surface area contributed by atoms with Crippen LogP contribution in [-0.2, 0) is 6.61 Å². The van der Waals surface area contributed by atoms with Crippen molar-refractivity contribution in [2.24, 2.45) is 0 Å².